The lowest BCUT2D eigenvalue weighted by atomic mass is 9.93. The maximum Gasteiger partial charge on any atom is 0.416 e. The Bertz CT molecular complexity index is 1450. The number of rotatable bonds is 4. The quantitative estimate of drug-likeness (QED) is 0.327. The Labute approximate surface area is 241 Å². The number of amides is 2. The number of halogens is 7. The van der Waals surface area contributed by atoms with Crippen LogP contribution in [0.2, 0.25) is 0 Å². The minimum Gasteiger partial charge on any atom is -0.338 e. The lowest BCUT2D eigenvalue weighted by Gasteiger charge is -2.42. The van der Waals surface area contributed by atoms with E-state index in [0.29, 0.717) is 24.2 Å². The molecule has 2 amide bonds. The van der Waals surface area contributed by atoms with Crippen LogP contribution in [0.25, 0.3) is 0 Å². The van der Waals surface area contributed by atoms with Gasteiger partial charge in [-0.05, 0) is 66.2 Å². The Morgan fingerprint density at radius 1 is 0.929 bits per heavy atom. The summed E-state index contributed by atoms with van der Waals surface area (Å²) in [6.45, 7) is 2.21. The minimum absolute atomic E-state index is 0.0136. The van der Waals surface area contributed by atoms with E-state index in [-0.39, 0.29) is 50.0 Å². The summed E-state index contributed by atoms with van der Waals surface area (Å²) in [5, 5.41) is 1.96. The summed E-state index contributed by atoms with van der Waals surface area (Å²) in [6, 6.07) is 8.01. The standard InChI is InChI=1S/C29H26F7N3O2S/c1-17-15-37(8-9-39(17)27(41)19-11-20(28(31,32)33)14-21(12-19)29(34,35)36)25(40)16-38-7-5-24-23(6-10-42-24)26(38)18-3-2-4-22(30)13-18/h2-4,6,10-14,17,26H,5,7-9,15-16H2,1H3/t17-,26+/m0/s1. The number of thiophene rings is 1. The van der Waals surface area contributed by atoms with Gasteiger partial charge in [0.15, 0.2) is 0 Å². The summed E-state index contributed by atoms with van der Waals surface area (Å²) in [5.74, 6) is -1.61. The van der Waals surface area contributed by atoms with Gasteiger partial charge in [0.25, 0.3) is 5.91 Å². The molecule has 5 rings (SSSR count). The molecule has 2 atom stereocenters. The van der Waals surface area contributed by atoms with Crippen molar-refractivity contribution in [3.63, 3.8) is 0 Å². The molecule has 1 saturated heterocycles. The van der Waals surface area contributed by atoms with E-state index in [4.69, 9.17) is 0 Å². The van der Waals surface area contributed by atoms with Gasteiger partial charge in [0.05, 0.1) is 23.7 Å². The zero-order chi connectivity index (χ0) is 30.4. The van der Waals surface area contributed by atoms with E-state index >= 15 is 0 Å². The van der Waals surface area contributed by atoms with Crippen molar-refractivity contribution in [2.75, 3.05) is 32.7 Å². The van der Waals surface area contributed by atoms with Crippen LogP contribution in [-0.2, 0) is 23.6 Å². The fourth-order valence-electron chi connectivity index (χ4n) is 5.61. The van der Waals surface area contributed by atoms with E-state index in [0.717, 1.165) is 16.9 Å². The van der Waals surface area contributed by atoms with Crippen LogP contribution in [0.3, 0.4) is 0 Å². The van der Waals surface area contributed by atoms with E-state index in [1.54, 1.807) is 24.3 Å². The number of benzene rings is 2. The SMILES string of the molecule is C[C@H]1CN(C(=O)CN2CCc3sccc3[C@H]2c2cccc(F)c2)CCN1C(=O)c1cc(C(F)(F)F)cc(C(F)(F)F)c1. The van der Waals surface area contributed by atoms with Gasteiger partial charge in [-0.15, -0.1) is 11.3 Å². The molecule has 0 saturated carbocycles. The first kappa shape index (κ1) is 30.0. The van der Waals surface area contributed by atoms with Crippen molar-refractivity contribution in [2.24, 2.45) is 0 Å². The number of nitrogens with zero attached hydrogens (tertiary/aromatic N) is 3. The topological polar surface area (TPSA) is 43.9 Å². The molecule has 2 aliphatic rings. The average molecular weight is 614 g/mol. The monoisotopic (exact) mass is 613 g/mol. The molecular weight excluding hydrogens is 587 g/mol. The maximum atomic E-state index is 14.1. The number of hydrogen-bond acceptors (Lipinski definition) is 4. The summed E-state index contributed by atoms with van der Waals surface area (Å²) in [7, 11) is 0. The van der Waals surface area contributed by atoms with Crippen LogP contribution in [0.4, 0.5) is 30.7 Å². The molecule has 0 bridgehead atoms. The second kappa shape index (κ2) is 11.3. The van der Waals surface area contributed by atoms with E-state index < -0.39 is 41.0 Å². The third kappa shape index (κ3) is 6.17. The highest BCUT2D eigenvalue weighted by Gasteiger charge is 2.39. The first-order valence-corrected chi connectivity index (χ1v) is 14.0. The van der Waals surface area contributed by atoms with E-state index in [2.05, 4.69) is 0 Å². The second-order valence-corrected chi connectivity index (χ2v) is 11.5. The molecule has 0 aliphatic carbocycles. The Morgan fingerprint density at radius 3 is 2.24 bits per heavy atom. The maximum absolute atomic E-state index is 14.1. The highest BCUT2D eigenvalue weighted by Crippen LogP contribution is 2.39. The van der Waals surface area contributed by atoms with Crippen LogP contribution in [0, 0.1) is 5.82 Å². The third-order valence-corrected chi connectivity index (χ3v) is 8.64. The number of piperazine rings is 1. The predicted molar refractivity (Wildman–Crippen MR) is 141 cm³/mol. The third-order valence-electron chi connectivity index (χ3n) is 7.64. The van der Waals surface area contributed by atoms with Gasteiger partial charge in [-0.1, -0.05) is 12.1 Å². The zero-order valence-electron chi connectivity index (χ0n) is 22.3. The molecule has 1 fully saturated rings. The molecule has 13 heteroatoms. The van der Waals surface area contributed by atoms with E-state index in [9.17, 15) is 40.3 Å². The largest absolute Gasteiger partial charge is 0.416 e. The van der Waals surface area contributed by atoms with E-state index in [1.165, 1.54) is 21.9 Å². The van der Waals surface area contributed by atoms with Crippen molar-refractivity contribution in [1.29, 1.82) is 0 Å². The molecule has 0 radical (unpaired) electrons. The molecule has 0 unspecified atom stereocenters. The van der Waals surface area contributed by atoms with Gasteiger partial charge in [-0.3, -0.25) is 14.5 Å². The Balaban J connectivity index is 1.30. The molecular formula is C29H26F7N3O2S. The van der Waals surface area contributed by atoms with Crippen molar-refractivity contribution in [1.82, 2.24) is 14.7 Å². The Hall–Kier alpha value is -3.45. The van der Waals surface area contributed by atoms with Gasteiger partial charge in [-0.25, -0.2) is 4.39 Å². The molecule has 3 heterocycles. The number of fused-ring (bicyclic) bond motifs is 1. The molecule has 224 valence electrons. The first-order valence-electron chi connectivity index (χ1n) is 13.2. The molecule has 2 aliphatic heterocycles. The summed E-state index contributed by atoms with van der Waals surface area (Å²) >= 11 is 1.60. The van der Waals surface area contributed by atoms with Crippen LogP contribution in [0.15, 0.2) is 53.9 Å². The van der Waals surface area contributed by atoms with Gasteiger partial charge in [0.1, 0.15) is 5.82 Å². The lowest BCUT2D eigenvalue weighted by molar-refractivity contribution is -0.143. The summed E-state index contributed by atoms with van der Waals surface area (Å²) < 4.78 is 94.0. The summed E-state index contributed by atoms with van der Waals surface area (Å²) in [6.07, 6.45) is -9.43. The van der Waals surface area contributed by atoms with Crippen molar-refractivity contribution in [3.8, 4) is 0 Å². The van der Waals surface area contributed by atoms with Crippen molar-refractivity contribution >= 4 is 23.2 Å². The van der Waals surface area contributed by atoms with Crippen LogP contribution >= 0.6 is 11.3 Å². The van der Waals surface area contributed by atoms with Gasteiger partial charge in [0, 0.05) is 42.7 Å². The average Bonchev–Trinajstić information content (AvgIpc) is 3.40. The highest BCUT2D eigenvalue weighted by atomic mass is 32.1. The van der Waals surface area contributed by atoms with E-state index in [1.807, 2.05) is 22.4 Å². The Kier molecular flexibility index (Phi) is 8.10. The van der Waals surface area contributed by atoms with Gasteiger partial charge < -0.3 is 9.80 Å². The molecule has 3 aromatic rings. The fraction of sp³-hybridized carbons (Fsp3) is 0.379. The smallest absolute Gasteiger partial charge is 0.338 e. The van der Waals surface area contributed by atoms with Crippen LogP contribution in [-0.4, -0.2) is 65.3 Å². The first-order chi connectivity index (χ1) is 19.7. The summed E-state index contributed by atoms with van der Waals surface area (Å²) in [5.41, 5.74) is -2.13. The number of alkyl halides is 6. The lowest BCUT2D eigenvalue weighted by Crippen LogP contribution is -2.57. The normalized spacial score (nSPS) is 20.0. The summed E-state index contributed by atoms with van der Waals surface area (Å²) in [4.78, 5) is 32.4. The molecule has 5 nitrogen and oxygen atoms in total. The molecule has 0 N–H and O–H groups in total. The van der Waals surface area contributed by atoms with Crippen LogP contribution in [0.1, 0.15) is 50.5 Å². The zero-order valence-corrected chi connectivity index (χ0v) is 23.1. The minimum atomic E-state index is -5.07. The predicted octanol–water partition coefficient (Wildman–Crippen LogP) is 6.25. The molecule has 2 aromatic carbocycles. The number of hydrogen-bond donors (Lipinski definition) is 0. The highest BCUT2D eigenvalue weighted by molar-refractivity contribution is 7.10. The number of carbonyl (C=O) groups is 2. The molecule has 42 heavy (non-hydrogen) atoms. The second-order valence-electron chi connectivity index (χ2n) is 10.5. The van der Waals surface area contributed by atoms with Crippen LogP contribution < -0.4 is 0 Å². The van der Waals surface area contributed by atoms with Crippen LogP contribution in [0.5, 0.6) is 0 Å². The molecule has 0 spiro atoms. The number of carbonyl (C=O) groups excluding carboxylic acids is 2. The Morgan fingerprint density at radius 2 is 1.62 bits per heavy atom. The fourth-order valence-corrected chi connectivity index (χ4v) is 6.51. The van der Waals surface area contributed by atoms with Gasteiger partial charge in [-0.2, -0.15) is 26.3 Å². The van der Waals surface area contributed by atoms with Crippen molar-refractivity contribution < 1.29 is 40.3 Å². The van der Waals surface area contributed by atoms with Crippen molar-refractivity contribution in [2.45, 2.75) is 37.8 Å². The van der Waals surface area contributed by atoms with Crippen molar-refractivity contribution in [3.05, 3.63) is 92.4 Å². The molecule has 1 aromatic heterocycles. The van der Waals surface area contributed by atoms with Gasteiger partial charge >= 0.3 is 12.4 Å². The van der Waals surface area contributed by atoms with Gasteiger partial charge in [0.2, 0.25) is 5.91 Å².